The van der Waals surface area contributed by atoms with Crippen molar-refractivity contribution in [2.24, 2.45) is 0 Å². The normalized spacial score (nSPS) is 11.1. The molecule has 5 aromatic rings. The molecular weight excluding hydrogens is 402 g/mol. The van der Waals surface area contributed by atoms with E-state index in [1.165, 1.54) is 46.1 Å². The summed E-state index contributed by atoms with van der Waals surface area (Å²) in [6, 6.07) is 8.32. The second kappa shape index (κ2) is 6.76. The third-order valence-corrected chi connectivity index (χ3v) is 6.54. The van der Waals surface area contributed by atoms with Crippen LogP contribution in [-0.2, 0) is 0 Å². The largest absolute Gasteiger partial charge is 0.223 e. The molecule has 0 saturated carbocycles. The van der Waals surface area contributed by atoms with E-state index in [0.29, 0.717) is 0 Å². The standard InChI is InChI=1S/C17H9N5S4/c1-2-12(17-18-9-21-26-17)16(13-4-6-23-22-13)15(10-7-20-24-8-10)11(1)14-3-5-19-25-14/h1-9H. The van der Waals surface area contributed by atoms with Gasteiger partial charge in [-0.15, -0.1) is 0 Å². The van der Waals surface area contributed by atoms with Crippen molar-refractivity contribution in [3.63, 3.8) is 0 Å². The molecule has 0 amide bonds. The zero-order chi connectivity index (χ0) is 17.3. The van der Waals surface area contributed by atoms with Crippen molar-refractivity contribution in [1.82, 2.24) is 22.5 Å². The Hall–Kier alpha value is -2.33. The molecule has 0 aliphatic rings. The van der Waals surface area contributed by atoms with Gasteiger partial charge in [-0.25, -0.2) is 13.7 Å². The maximum atomic E-state index is 4.62. The smallest absolute Gasteiger partial charge is 0.144 e. The number of nitrogens with zero attached hydrogens (tertiary/aromatic N) is 5. The van der Waals surface area contributed by atoms with Crippen LogP contribution in [-0.4, -0.2) is 22.5 Å². The number of aromatic nitrogens is 5. The lowest BCUT2D eigenvalue weighted by molar-refractivity contribution is 1.33. The molecule has 0 radical (unpaired) electrons. The molecule has 26 heavy (non-hydrogen) atoms. The molecule has 0 saturated heterocycles. The first-order valence-electron chi connectivity index (χ1n) is 7.57. The highest BCUT2D eigenvalue weighted by Crippen LogP contribution is 2.46. The lowest BCUT2D eigenvalue weighted by Gasteiger charge is -2.15. The van der Waals surface area contributed by atoms with E-state index in [-0.39, 0.29) is 0 Å². The Morgan fingerprint density at radius 1 is 0.808 bits per heavy atom. The lowest BCUT2D eigenvalue weighted by Crippen LogP contribution is -1.92. The van der Waals surface area contributed by atoms with Crippen LogP contribution in [0.1, 0.15) is 0 Å². The molecule has 4 heterocycles. The van der Waals surface area contributed by atoms with E-state index in [1.807, 2.05) is 29.9 Å². The Kier molecular flexibility index (Phi) is 4.13. The molecule has 9 heteroatoms. The SMILES string of the molecule is c1cc(-c2ccc(-c3ncns3)c(-c3ccsn3)c2-c2cnsc2)sn1. The first-order chi connectivity index (χ1) is 12.9. The number of hydrogen-bond acceptors (Lipinski definition) is 9. The van der Waals surface area contributed by atoms with Gasteiger partial charge in [-0.05, 0) is 58.3 Å². The Morgan fingerprint density at radius 2 is 1.77 bits per heavy atom. The summed E-state index contributed by atoms with van der Waals surface area (Å²) in [6.45, 7) is 0. The second-order valence-electron chi connectivity index (χ2n) is 5.33. The minimum absolute atomic E-state index is 0.883. The van der Waals surface area contributed by atoms with Crippen LogP contribution in [0.4, 0.5) is 0 Å². The maximum Gasteiger partial charge on any atom is 0.144 e. The molecule has 0 aliphatic carbocycles. The van der Waals surface area contributed by atoms with Gasteiger partial charge in [0.25, 0.3) is 0 Å². The molecule has 0 aliphatic heterocycles. The first-order valence-corrected chi connectivity index (χ1v) is 10.8. The van der Waals surface area contributed by atoms with Crippen LogP contribution in [0, 0.1) is 0 Å². The van der Waals surface area contributed by atoms with E-state index in [1.54, 1.807) is 6.33 Å². The third kappa shape index (κ3) is 2.69. The summed E-state index contributed by atoms with van der Waals surface area (Å²) in [4.78, 5) is 5.55. The fourth-order valence-electron chi connectivity index (χ4n) is 2.87. The zero-order valence-corrected chi connectivity index (χ0v) is 16.3. The predicted octanol–water partition coefficient (Wildman–Crippen LogP) is 5.58. The van der Waals surface area contributed by atoms with Gasteiger partial charge in [-0.1, -0.05) is 12.1 Å². The van der Waals surface area contributed by atoms with Crippen molar-refractivity contribution in [3.8, 4) is 43.4 Å². The van der Waals surface area contributed by atoms with Crippen LogP contribution in [0.3, 0.4) is 0 Å². The van der Waals surface area contributed by atoms with Crippen molar-refractivity contribution in [2.45, 2.75) is 0 Å². The van der Waals surface area contributed by atoms with Crippen LogP contribution in [0.5, 0.6) is 0 Å². The van der Waals surface area contributed by atoms with Gasteiger partial charge in [0.15, 0.2) is 0 Å². The summed E-state index contributed by atoms with van der Waals surface area (Å²) in [5.74, 6) is 0. The third-order valence-electron chi connectivity index (χ3n) is 3.92. The summed E-state index contributed by atoms with van der Waals surface area (Å²) in [7, 11) is 0. The highest BCUT2D eigenvalue weighted by molar-refractivity contribution is 7.09. The van der Waals surface area contributed by atoms with E-state index in [0.717, 1.165) is 43.4 Å². The van der Waals surface area contributed by atoms with Crippen molar-refractivity contribution in [1.29, 1.82) is 0 Å². The average Bonchev–Trinajstić information content (AvgIpc) is 3.49. The molecule has 0 fully saturated rings. The minimum Gasteiger partial charge on any atom is -0.223 e. The first kappa shape index (κ1) is 15.9. The molecular formula is C17H9N5S4. The predicted molar refractivity (Wildman–Crippen MR) is 109 cm³/mol. The summed E-state index contributed by atoms with van der Waals surface area (Å²) in [5.41, 5.74) is 6.35. The van der Waals surface area contributed by atoms with Gasteiger partial charge in [-0.3, -0.25) is 0 Å². The Balaban J connectivity index is 1.90. The lowest BCUT2D eigenvalue weighted by atomic mass is 9.90. The minimum atomic E-state index is 0.883. The molecule has 5 nitrogen and oxygen atoms in total. The molecule has 0 unspecified atom stereocenters. The summed E-state index contributed by atoms with van der Waals surface area (Å²) in [5, 5.41) is 4.95. The molecule has 0 spiro atoms. The summed E-state index contributed by atoms with van der Waals surface area (Å²) >= 11 is 5.76. The van der Waals surface area contributed by atoms with Gasteiger partial charge in [0.1, 0.15) is 11.3 Å². The van der Waals surface area contributed by atoms with Gasteiger partial charge in [-0.2, -0.15) is 8.75 Å². The molecule has 1 aromatic carbocycles. The molecule has 0 bridgehead atoms. The maximum absolute atomic E-state index is 4.62. The van der Waals surface area contributed by atoms with Crippen LogP contribution in [0.25, 0.3) is 43.4 Å². The molecule has 0 N–H and O–H groups in total. The van der Waals surface area contributed by atoms with Crippen molar-refractivity contribution >= 4 is 46.1 Å². The monoisotopic (exact) mass is 411 g/mol. The Morgan fingerprint density at radius 3 is 2.46 bits per heavy atom. The summed E-state index contributed by atoms with van der Waals surface area (Å²) in [6.07, 6.45) is 5.33. The van der Waals surface area contributed by atoms with Crippen LogP contribution >= 0.6 is 46.1 Å². The van der Waals surface area contributed by atoms with Gasteiger partial charge >= 0.3 is 0 Å². The van der Waals surface area contributed by atoms with E-state index >= 15 is 0 Å². The number of benzene rings is 1. The van der Waals surface area contributed by atoms with Gasteiger partial charge in [0.05, 0.1) is 10.6 Å². The fourth-order valence-corrected chi connectivity index (χ4v) is 5.09. The topological polar surface area (TPSA) is 64.5 Å². The zero-order valence-electron chi connectivity index (χ0n) is 13.1. The van der Waals surface area contributed by atoms with E-state index in [4.69, 9.17) is 0 Å². The highest BCUT2D eigenvalue weighted by Gasteiger charge is 2.22. The average molecular weight is 412 g/mol. The van der Waals surface area contributed by atoms with Crippen LogP contribution in [0.15, 0.2) is 53.7 Å². The molecule has 4 aromatic heterocycles. The number of rotatable bonds is 4. The fraction of sp³-hybridized carbons (Fsp3) is 0. The van der Waals surface area contributed by atoms with Crippen molar-refractivity contribution in [3.05, 3.63) is 53.7 Å². The molecule has 126 valence electrons. The molecule has 0 atom stereocenters. The van der Waals surface area contributed by atoms with Crippen LogP contribution in [0.2, 0.25) is 0 Å². The van der Waals surface area contributed by atoms with E-state index in [2.05, 4.69) is 40.0 Å². The summed E-state index contributed by atoms with van der Waals surface area (Å²) < 4.78 is 17.4. The Bertz CT molecular complexity index is 1020. The quantitative estimate of drug-likeness (QED) is 0.386. The van der Waals surface area contributed by atoms with E-state index in [9.17, 15) is 0 Å². The van der Waals surface area contributed by atoms with E-state index < -0.39 is 0 Å². The number of hydrogen-bond donors (Lipinski definition) is 0. The van der Waals surface area contributed by atoms with Crippen LogP contribution < -0.4 is 0 Å². The second-order valence-corrected chi connectivity index (χ2v) is 8.27. The highest BCUT2D eigenvalue weighted by atomic mass is 32.1. The van der Waals surface area contributed by atoms with Crippen molar-refractivity contribution < 1.29 is 0 Å². The van der Waals surface area contributed by atoms with Gasteiger partial charge in [0, 0.05) is 51.0 Å². The molecule has 5 rings (SSSR count). The van der Waals surface area contributed by atoms with Gasteiger partial charge in [0.2, 0.25) is 0 Å². The van der Waals surface area contributed by atoms with Crippen molar-refractivity contribution in [2.75, 3.05) is 0 Å². The van der Waals surface area contributed by atoms with Gasteiger partial charge < -0.3 is 0 Å². The Labute approximate surface area is 165 Å².